The number of amides is 2. The molecule has 0 saturated heterocycles. The largest absolute Gasteiger partial charge is 0.418 e. The zero-order valence-corrected chi connectivity index (χ0v) is 19.9. The highest BCUT2D eigenvalue weighted by atomic mass is 32.2. The van der Waals surface area contributed by atoms with Gasteiger partial charge in [0.05, 0.1) is 17.0 Å². The Morgan fingerprint density at radius 1 is 0.892 bits per heavy atom. The molecule has 0 fully saturated rings. The van der Waals surface area contributed by atoms with Gasteiger partial charge in [-0.05, 0) is 30.3 Å². The Hall–Kier alpha value is -3.86. The molecule has 2 N–H and O–H groups in total. The SMILES string of the molecule is O=C(CSc1cn(CCNC(=O)c2c(F)cccc2F)c2ccccc12)Nc1ccccc1C(F)(F)F. The summed E-state index contributed by atoms with van der Waals surface area (Å²) in [6, 6.07) is 15.2. The maximum absolute atomic E-state index is 13.8. The minimum atomic E-state index is -4.60. The van der Waals surface area contributed by atoms with Crippen LogP contribution in [0.4, 0.5) is 27.6 Å². The van der Waals surface area contributed by atoms with Gasteiger partial charge in [-0.3, -0.25) is 9.59 Å². The second-order valence-electron chi connectivity index (χ2n) is 7.94. The van der Waals surface area contributed by atoms with Crippen LogP contribution in [0.5, 0.6) is 0 Å². The highest BCUT2D eigenvalue weighted by Crippen LogP contribution is 2.35. The molecule has 3 aromatic carbocycles. The summed E-state index contributed by atoms with van der Waals surface area (Å²) in [5.74, 6) is -3.53. The summed E-state index contributed by atoms with van der Waals surface area (Å²) in [5.41, 5.74) is -1.11. The normalized spacial score (nSPS) is 11.5. The molecule has 0 unspecified atom stereocenters. The van der Waals surface area contributed by atoms with E-state index in [1.807, 2.05) is 16.7 Å². The van der Waals surface area contributed by atoms with Crippen LogP contribution >= 0.6 is 11.8 Å². The molecule has 192 valence electrons. The maximum Gasteiger partial charge on any atom is 0.418 e. The van der Waals surface area contributed by atoms with Crippen LogP contribution in [0, 0.1) is 11.6 Å². The maximum atomic E-state index is 13.8. The summed E-state index contributed by atoms with van der Waals surface area (Å²) in [6.45, 7) is 0.345. The molecule has 0 saturated carbocycles. The number of rotatable bonds is 8. The van der Waals surface area contributed by atoms with Crippen molar-refractivity contribution >= 4 is 40.2 Å². The van der Waals surface area contributed by atoms with E-state index in [1.165, 1.54) is 24.3 Å². The Bertz CT molecular complexity index is 1430. The number of halogens is 5. The number of nitrogens with one attached hydrogen (secondary N) is 2. The van der Waals surface area contributed by atoms with Crippen molar-refractivity contribution in [1.82, 2.24) is 9.88 Å². The van der Waals surface area contributed by atoms with Gasteiger partial charge in [-0.2, -0.15) is 13.2 Å². The predicted octanol–water partition coefficient (Wildman–Crippen LogP) is 6.10. The number of carbonyl (C=O) groups excluding carboxylic acids is 2. The number of thioether (sulfide) groups is 1. The van der Waals surface area contributed by atoms with E-state index in [9.17, 15) is 31.5 Å². The number of fused-ring (bicyclic) bond motifs is 1. The lowest BCUT2D eigenvalue weighted by atomic mass is 10.1. The number of aromatic nitrogens is 1. The van der Waals surface area contributed by atoms with Crippen molar-refractivity contribution in [1.29, 1.82) is 0 Å². The van der Waals surface area contributed by atoms with E-state index < -0.39 is 40.8 Å². The van der Waals surface area contributed by atoms with Gasteiger partial charge < -0.3 is 15.2 Å². The van der Waals surface area contributed by atoms with Crippen LogP contribution in [0.25, 0.3) is 10.9 Å². The summed E-state index contributed by atoms with van der Waals surface area (Å²) < 4.78 is 69.1. The molecule has 0 bridgehead atoms. The Kier molecular flexibility index (Phi) is 7.82. The summed E-state index contributed by atoms with van der Waals surface area (Å²) in [5, 5.41) is 5.62. The number of hydrogen-bond donors (Lipinski definition) is 2. The fraction of sp³-hybridized carbons (Fsp3) is 0.154. The molecule has 2 amide bonds. The van der Waals surface area contributed by atoms with E-state index in [-0.39, 0.29) is 24.5 Å². The molecule has 0 aliphatic carbocycles. The quantitative estimate of drug-likeness (QED) is 0.213. The number of alkyl halides is 3. The molecule has 1 heterocycles. The summed E-state index contributed by atoms with van der Waals surface area (Å²) in [7, 11) is 0. The molecular weight excluding hydrogens is 513 g/mol. The molecular formula is C26H20F5N3O2S. The van der Waals surface area contributed by atoms with Gasteiger partial charge in [-0.1, -0.05) is 36.4 Å². The Labute approximate surface area is 212 Å². The second-order valence-corrected chi connectivity index (χ2v) is 8.95. The molecule has 11 heteroatoms. The zero-order chi connectivity index (χ0) is 26.6. The minimum absolute atomic E-state index is 0.0735. The van der Waals surface area contributed by atoms with Crippen LogP contribution in [0.15, 0.2) is 77.8 Å². The monoisotopic (exact) mass is 533 g/mol. The third-order valence-electron chi connectivity index (χ3n) is 5.45. The van der Waals surface area contributed by atoms with Gasteiger partial charge in [0, 0.05) is 35.1 Å². The predicted molar refractivity (Wildman–Crippen MR) is 131 cm³/mol. The first kappa shape index (κ1) is 26.2. The Balaban J connectivity index is 1.42. The van der Waals surface area contributed by atoms with Crippen molar-refractivity contribution in [3.63, 3.8) is 0 Å². The lowest BCUT2D eigenvalue weighted by Gasteiger charge is -2.13. The van der Waals surface area contributed by atoms with Crippen LogP contribution in [0.1, 0.15) is 15.9 Å². The molecule has 1 aromatic heterocycles. The highest BCUT2D eigenvalue weighted by Gasteiger charge is 2.33. The van der Waals surface area contributed by atoms with Crippen LogP contribution in [0.2, 0.25) is 0 Å². The first-order valence-corrected chi connectivity index (χ1v) is 12.0. The number of para-hydroxylation sites is 2. The zero-order valence-electron chi connectivity index (χ0n) is 19.1. The van der Waals surface area contributed by atoms with Gasteiger partial charge in [-0.25, -0.2) is 8.78 Å². The van der Waals surface area contributed by atoms with Gasteiger partial charge >= 0.3 is 6.18 Å². The van der Waals surface area contributed by atoms with Crippen LogP contribution in [0.3, 0.4) is 0 Å². The molecule has 0 spiro atoms. The number of hydrogen-bond acceptors (Lipinski definition) is 3. The van der Waals surface area contributed by atoms with Crippen molar-refractivity contribution in [3.05, 3.63) is 95.7 Å². The van der Waals surface area contributed by atoms with Crippen molar-refractivity contribution in [2.45, 2.75) is 17.6 Å². The number of benzene rings is 3. The van der Waals surface area contributed by atoms with Gasteiger partial charge in [0.25, 0.3) is 5.91 Å². The molecule has 4 rings (SSSR count). The highest BCUT2D eigenvalue weighted by molar-refractivity contribution is 8.00. The number of nitrogens with zero attached hydrogens (tertiary/aromatic N) is 1. The summed E-state index contributed by atoms with van der Waals surface area (Å²) >= 11 is 1.15. The standard InChI is InChI=1S/C26H20F5N3O2S/c27-18-8-5-9-19(28)24(18)25(36)32-12-13-34-14-22(16-6-1-4-11-21(16)34)37-15-23(35)33-20-10-3-2-7-17(20)26(29,30)31/h1-11,14H,12-13,15H2,(H,32,36)(H,33,35). The third kappa shape index (κ3) is 6.11. The van der Waals surface area contributed by atoms with Gasteiger partial charge in [0.2, 0.25) is 5.91 Å². The Morgan fingerprint density at radius 3 is 2.30 bits per heavy atom. The van der Waals surface area contributed by atoms with Crippen molar-refractivity contribution < 1.29 is 31.5 Å². The van der Waals surface area contributed by atoms with Gasteiger partial charge in [0.15, 0.2) is 0 Å². The van der Waals surface area contributed by atoms with E-state index in [4.69, 9.17) is 0 Å². The second kappa shape index (κ2) is 11.0. The van der Waals surface area contributed by atoms with E-state index in [1.54, 1.807) is 18.3 Å². The average molecular weight is 534 g/mol. The van der Waals surface area contributed by atoms with Gasteiger partial charge in [0.1, 0.15) is 17.2 Å². The first-order chi connectivity index (χ1) is 17.6. The summed E-state index contributed by atoms with van der Waals surface area (Å²) in [6.07, 6.45) is -2.85. The Morgan fingerprint density at radius 2 is 1.57 bits per heavy atom. The van der Waals surface area contributed by atoms with Crippen LogP contribution in [-0.4, -0.2) is 28.7 Å². The average Bonchev–Trinajstić information content (AvgIpc) is 3.20. The molecule has 0 atom stereocenters. The van der Waals surface area contributed by atoms with E-state index in [0.717, 1.165) is 40.9 Å². The van der Waals surface area contributed by atoms with E-state index >= 15 is 0 Å². The molecule has 0 aliphatic rings. The fourth-order valence-corrected chi connectivity index (χ4v) is 4.66. The lowest BCUT2D eigenvalue weighted by Crippen LogP contribution is -2.28. The van der Waals surface area contributed by atoms with E-state index in [0.29, 0.717) is 4.90 Å². The number of anilines is 1. The van der Waals surface area contributed by atoms with Gasteiger partial charge in [-0.15, -0.1) is 11.8 Å². The van der Waals surface area contributed by atoms with Crippen LogP contribution < -0.4 is 10.6 Å². The first-order valence-electron chi connectivity index (χ1n) is 11.0. The topological polar surface area (TPSA) is 63.1 Å². The molecule has 0 aliphatic heterocycles. The van der Waals surface area contributed by atoms with Crippen LogP contribution in [-0.2, 0) is 17.5 Å². The van der Waals surface area contributed by atoms with Crippen molar-refractivity contribution in [3.8, 4) is 0 Å². The minimum Gasteiger partial charge on any atom is -0.350 e. The fourth-order valence-electron chi connectivity index (χ4n) is 3.78. The molecule has 4 aromatic rings. The summed E-state index contributed by atoms with van der Waals surface area (Å²) in [4.78, 5) is 25.4. The number of carbonyl (C=O) groups is 2. The van der Waals surface area contributed by atoms with E-state index in [2.05, 4.69) is 10.6 Å². The molecule has 0 radical (unpaired) electrons. The molecule has 37 heavy (non-hydrogen) atoms. The third-order valence-corrected chi connectivity index (χ3v) is 6.49. The smallest absolute Gasteiger partial charge is 0.350 e. The molecule has 5 nitrogen and oxygen atoms in total. The van der Waals surface area contributed by atoms with Crippen molar-refractivity contribution in [2.75, 3.05) is 17.6 Å². The lowest BCUT2D eigenvalue weighted by molar-refractivity contribution is -0.137. The van der Waals surface area contributed by atoms with Crippen molar-refractivity contribution in [2.24, 2.45) is 0 Å².